The smallest absolute Gasteiger partial charge is 0.251 e. The van der Waals surface area contributed by atoms with Gasteiger partial charge >= 0.3 is 0 Å². The number of hydrogen-bond acceptors (Lipinski definition) is 6. The predicted molar refractivity (Wildman–Crippen MR) is 154 cm³/mol. The van der Waals surface area contributed by atoms with Crippen LogP contribution in [0.3, 0.4) is 0 Å². The molecule has 10 nitrogen and oxygen atoms in total. The number of fused-ring (bicyclic) bond motifs is 1. The van der Waals surface area contributed by atoms with Crippen LogP contribution in [-0.4, -0.2) is 89.1 Å². The minimum atomic E-state index is -0.975. The van der Waals surface area contributed by atoms with Crippen LogP contribution in [0.15, 0.2) is 24.3 Å². The van der Waals surface area contributed by atoms with Crippen molar-refractivity contribution in [1.82, 2.24) is 20.4 Å². The summed E-state index contributed by atoms with van der Waals surface area (Å²) in [6, 6.07) is 5.56. The Kier molecular flexibility index (Phi) is 8.38. The van der Waals surface area contributed by atoms with Crippen LogP contribution in [0.2, 0.25) is 0 Å². The Bertz CT molecular complexity index is 1190. The summed E-state index contributed by atoms with van der Waals surface area (Å²) in [4.78, 5) is 71.6. The van der Waals surface area contributed by atoms with Crippen molar-refractivity contribution in [3.63, 3.8) is 0 Å². The van der Waals surface area contributed by atoms with E-state index in [0.29, 0.717) is 37.8 Å². The van der Waals surface area contributed by atoms with Crippen LogP contribution in [-0.2, 0) is 19.2 Å². The van der Waals surface area contributed by atoms with Gasteiger partial charge in [0, 0.05) is 37.8 Å². The molecule has 1 aromatic carbocycles. The second kappa shape index (κ2) is 11.8. The Labute approximate surface area is 242 Å². The summed E-state index contributed by atoms with van der Waals surface area (Å²) in [7, 11) is 0. The van der Waals surface area contributed by atoms with Gasteiger partial charge in [-0.2, -0.15) is 0 Å². The van der Waals surface area contributed by atoms with Crippen LogP contribution < -0.4 is 15.5 Å². The van der Waals surface area contributed by atoms with Gasteiger partial charge in [0.05, 0.1) is 12.6 Å². The molecule has 1 aromatic rings. The molecule has 5 rings (SSSR count). The van der Waals surface area contributed by atoms with E-state index in [0.717, 1.165) is 31.6 Å². The number of nitrogens with one attached hydrogen (secondary N) is 2. The standard InChI is InChI=1S/C31H43N5O5/c1-20(2)18-24(32-28(39)22-8-10-23(11-9-22)34-15-6-7-16-34)29(40)35-17-12-25-27(35)26(38)19-36(25)30(41)31(33-21(3)37)13-4-5-14-31/h8-11,20,24-25,27H,4-7,12-19H2,1-3H3,(H,32,39)(H,33,37). The van der Waals surface area contributed by atoms with E-state index in [1.54, 1.807) is 21.9 Å². The molecule has 4 amide bonds. The van der Waals surface area contributed by atoms with Gasteiger partial charge in [0.1, 0.15) is 17.6 Å². The van der Waals surface area contributed by atoms with Crippen LogP contribution in [0, 0.1) is 5.92 Å². The van der Waals surface area contributed by atoms with Crippen LogP contribution in [0.1, 0.15) is 82.5 Å². The Hall–Kier alpha value is -3.43. The average Bonchev–Trinajstić information content (AvgIpc) is 3.74. The lowest BCUT2D eigenvalue weighted by Gasteiger charge is -2.35. The molecule has 1 saturated carbocycles. The van der Waals surface area contributed by atoms with E-state index in [1.807, 2.05) is 26.0 Å². The number of ketones is 1. The van der Waals surface area contributed by atoms with Crippen LogP contribution in [0.4, 0.5) is 5.69 Å². The molecule has 3 aliphatic heterocycles. The van der Waals surface area contributed by atoms with Crippen molar-refractivity contribution >= 4 is 35.1 Å². The van der Waals surface area contributed by atoms with Gasteiger partial charge in [-0.25, -0.2) is 0 Å². The number of carbonyl (C=O) groups is 5. The van der Waals surface area contributed by atoms with Crippen molar-refractivity contribution in [2.75, 3.05) is 31.1 Å². The topological polar surface area (TPSA) is 119 Å². The summed E-state index contributed by atoms with van der Waals surface area (Å²) < 4.78 is 0. The monoisotopic (exact) mass is 565 g/mol. The van der Waals surface area contributed by atoms with E-state index >= 15 is 0 Å². The van der Waals surface area contributed by atoms with Gasteiger partial charge in [-0.15, -0.1) is 0 Å². The summed E-state index contributed by atoms with van der Waals surface area (Å²) in [5.41, 5.74) is 0.604. The van der Waals surface area contributed by atoms with Crippen LogP contribution in [0.5, 0.6) is 0 Å². The van der Waals surface area contributed by atoms with Crippen molar-refractivity contribution in [3.05, 3.63) is 29.8 Å². The summed E-state index contributed by atoms with van der Waals surface area (Å²) in [6.45, 7) is 7.71. The van der Waals surface area contributed by atoms with E-state index in [2.05, 4.69) is 15.5 Å². The molecule has 4 aliphatic rings. The molecule has 0 aromatic heterocycles. The maximum absolute atomic E-state index is 13.9. The largest absolute Gasteiger partial charge is 0.372 e. The van der Waals surface area contributed by atoms with Gasteiger partial charge in [0.25, 0.3) is 5.91 Å². The zero-order valence-corrected chi connectivity index (χ0v) is 24.5. The molecule has 0 spiro atoms. The fourth-order valence-electron chi connectivity index (χ4n) is 7.26. The summed E-state index contributed by atoms with van der Waals surface area (Å²) >= 11 is 0. The minimum absolute atomic E-state index is 0.0656. The van der Waals surface area contributed by atoms with Gasteiger partial charge < -0.3 is 25.3 Å². The van der Waals surface area contributed by atoms with Gasteiger partial charge in [0.2, 0.25) is 17.7 Å². The molecule has 3 atom stereocenters. The third kappa shape index (κ3) is 5.83. The zero-order valence-electron chi connectivity index (χ0n) is 24.5. The van der Waals surface area contributed by atoms with Crippen LogP contribution in [0.25, 0.3) is 0 Å². The third-order valence-corrected chi connectivity index (χ3v) is 9.16. The second-order valence-electron chi connectivity index (χ2n) is 12.6. The molecular weight excluding hydrogens is 522 g/mol. The normalized spacial score (nSPS) is 24.1. The number of anilines is 1. The fourth-order valence-corrected chi connectivity index (χ4v) is 7.26. The average molecular weight is 566 g/mol. The lowest BCUT2D eigenvalue weighted by atomic mass is 9.94. The molecule has 4 fully saturated rings. The quantitative estimate of drug-likeness (QED) is 0.499. The molecule has 2 N–H and O–H groups in total. The molecule has 222 valence electrons. The number of rotatable bonds is 8. The Morgan fingerprint density at radius 2 is 1.61 bits per heavy atom. The number of carbonyl (C=O) groups excluding carboxylic acids is 5. The number of hydrogen-bond donors (Lipinski definition) is 2. The van der Waals surface area contributed by atoms with E-state index in [1.165, 1.54) is 19.8 Å². The first-order valence-electron chi connectivity index (χ1n) is 15.2. The molecule has 1 aliphatic carbocycles. The molecule has 3 saturated heterocycles. The number of amides is 4. The lowest BCUT2D eigenvalue weighted by molar-refractivity contribution is -0.142. The van der Waals surface area contributed by atoms with Crippen molar-refractivity contribution in [1.29, 1.82) is 0 Å². The molecule has 0 radical (unpaired) electrons. The van der Waals surface area contributed by atoms with Gasteiger partial charge in [-0.3, -0.25) is 24.0 Å². The van der Waals surface area contributed by atoms with Crippen molar-refractivity contribution in [2.45, 2.75) is 95.8 Å². The van der Waals surface area contributed by atoms with Crippen molar-refractivity contribution in [2.24, 2.45) is 5.92 Å². The van der Waals surface area contributed by atoms with E-state index in [4.69, 9.17) is 0 Å². The minimum Gasteiger partial charge on any atom is -0.372 e. The maximum Gasteiger partial charge on any atom is 0.251 e. The highest BCUT2D eigenvalue weighted by Gasteiger charge is 2.56. The highest BCUT2D eigenvalue weighted by Crippen LogP contribution is 2.37. The molecule has 0 bridgehead atoms. The summed E-state index contributed by atoms with van der Waals surface area (Å²) in [5.74, 6) is -1.11. The predicted octanol–water partition coefficient (Wildman–Crippen LogP) is 2.26. The highest BCUT2D eigenvalue weighted by atomic mass is 16.2. The number of Topliss-reactive ketones (excluding diaryl/α,β-unsaturated/α-hetero) is 1. The fraction of sp³-hybridized carbons (Fsp3) is 0.645. The number of likely N-dealkylation sites (tertiary alicyclic amines) is 2. The Morgan fingerprint density at radius 1 is 0.951 bits per heavy atom. The molecule has 3 heterocycles. The van der Waals surface area contributed by atoms with E-state index < -0.39 is 23.7 Å². The second-order valence-corrected chi connectivity index (χ2v) is 12.6. The molecule has 41 heavy (non-hydrogen) atoms. The summed E-state index contributed by atoms with van der Waals surface area (Å²) in [6.07, 6.45) is 6.05. The van der Waals surface area contributed by atoms with Gasteiger partial charge in [-0.05, 0) is 68.7 Å². The Balaban J connectivity index is 1.29. The van der Waals surface area contributed by atoms with E-state index in [-0.39, 0.29) is 41.9 Å². The molecular formula is C31H43N5O5. The SMILES string of the molecule is CC(=O)NC1(C(=O)N2CC(=O)C3C2CCN3C(=O)C(CC(C)C)NC(=O)c2ccc(N3CCCC3)cc2)CCCC1. The first-order chi connectivity index (χ1) is 19.6. The van der Waals surface area contributed by atoms with Crippen LogP contribution >= 0.6 is 0 Å². The van der Waals surface area contributed by atoms with Crippen molar-refractivity contribution < 1.29 is 24.0 Å². The molecule has 10 heteroatoms. The van der Waals surface area contributed by atoms with Gasteiger partial charge in [-0.1, -0.05) is 26.7 Å². The number of nitrogens with zero attached hydrogens (tertiary/aromatic N) is 3. The molecule has 3 unspecified atom stereocenters. The maximum atomic E-state index is 13.9. The first kappa shape index (κ1) is 29.1. The van der Waals surface area contributed by atoms with E-state index in [9.17, 15) is 24.0 Å². The first-order valence-corrected chi connectivity index (χ1v) is 15.2. The van der Waals surface area contributed by atoms with Crippen molar-refractivity contribution in [3.8, 4) is 0 Å². The number of benzene rings is 1. The van der Waals surface area contributed by atoms with Gasteiger partial charge in [0.15, 0.2) is 5.78 Å². The zero-order chi connectivity index (χ0) is 29.3. The Morgan fingerprint density at radius 3 is 2.22 bits per heavy atom. The highest BCUT2D eigenvalue weighted by molar-refractivity contribution is 6.02. The lowest BCUT2D eigenvalue weighted by Crippen LogP contribution is -2.59. The summed E-state index contributed by atoms with van der Waals surface area (Å²) in [5, 5.41) is 5.83. The third-order valence-electron chi connectivity index (χ3n) is 9.16.